The maximum absolute atomic E-state index is 11.7. The highest BCUT2D eigenvalue weighted by atomic mass is 32.2. The Labute approximate surface area is 121 Å². The van der Waals surface area contributed by atoms with Crippen LogP contribution in [0.1, 0.15) is 39.7 Å². The van der Waals surface area contributed by atoms with Gasteiger partial charge < -0.3 is 11.1 Å². The number of rotatable bonds is 7. The molecule has 1 aromatic rings. The number of nitrogens with zero attached hydrogens (tertiary/aromatic N) is 2. The Morgan fingerprint density at radius 2 is 2.30 bits per heavy atom. The van der Waals surface area contributed by atoms with Crippen LogP contribution < -0.4 is 16.7 Å². The van der Waals surface area contributed by atoms with Crippen LogP contribution in [0.2, 0.25) is 0 Å². The molecule has 0 aliphatic heterocycles. The van der Waals surface area contributed by atoms with Crippen LogP contribution in [0, 0.1) is 0 Å². The molecule has 0 radical (unpaired) electrons. The molecule has 2 rings (SSSR count). The van der Waals surface area contributed by atoms with Gasteiger partial charge in [0.25, 0.3) is 0 Å². The molecule has 4 N–H and O–H groups in total. The van der Waals surface area contributed by atoms with Gasteiger partial charge >= 0.3 is 5.69 Å². The van der Waals surface area contributed by atoms with E-state index in [4.69, 9.17) is 5.73 Å². The van der Waals surface area contributed by atoms with Crippen LogP contribution in [0.3, 0.4) is 0 Å². The molecule has 112 valence electrons. The van der Waals surface area contributed by atoms with Crippen LogP contribution in [0.5, 0.6) is 0 Å². The number of aromatic nitrogens is 3. The topological polar surface area (TPSA) is 106 Å². The van der Waals surface area contributed by atoms with Crippen LogP contribution >= 0.6 is 11.8 Å². The summed E-state index contributed by atoms with van der Waals surface area (Å²) in [5, 5.41) is 10.3. The number of hydrogen-bond donors (Lipinski definition) is 3. The van der Waals surface area contributed by atoms with Crippen molar-refractivity contribution in [1.29, 1.82) is 0 Å². The summed E-state index contributed by atoms with van der Waals surface area (Å²) in [5.74, 6) is 0.0203. The molecular weight excluding hydrogens is 278 g/mol. The predicted octanol–water partition coefficient (Wildman–Crippen LogP) is 0.240. The van der Waals surface area contributed by atoms with E-state index in [1.54, 1.807) is 11.5 Å². The fraction of sp³-hybridized carbons (Fsp3) is 0.750. The second kappa shape index (κ2) is 5.61. The number of carbonyl (C=O) groups is 1. The molecule has 8 heteroatoms. The summed E-state index contributed by atoms with van der Waals surface area (Å²) in [7, 11) is 0. The lowest BCUT2D eigenvalue weighted by Crippen LogP contribution is -2.57. The Kier molecular flexibility index (Phi) is 4.24. The molecule has 1 fully saturated rings. The van der Waals surface area contributed by atoms with Gasteiger partial charge in [0.15, 0.2) is 5.16 Å². The second-order valence-corrected chi connectivity index (χ2v) is 6.64. The van der Waals surface area contributed by atoms with Gasteiger partial charge in [-0.05, 0) is 33.6 Å². The highest BCUT2D eigenvalue weighted by Crippen LogP contribution is 2.36. The van der Waals surface area contributed by atoms with Crippen LogP contribution in [0.15, 0.2) is 9.95 Å². The van der Waals surface area contributed by atoms with E-state index in [2.05, 4.69) is 15.5 Å². The zero-order valence-electron chi connectivity index (χ0n) is 12.0. The molecular formula is C12H21N5O2S. The number of nitrogens with two attached hydrogens (primary N) is 1. The summed E-state index contributed by atoms with van der Waals surface area (Å²) in [6.45, 7) is 5.69. The largest absolute Gasteiger partial charge is 0.368 e. The van der Waals surface area contributed by atoms with Gasteiger partial charge in [0, 0.05) is 17.8 Å². The highest BCUT2D eigenvalue weighted by molar-refractivity contribution is 7.99. The lowest BCUT2D eigenvalue weighted by Gasteiger charge is -2.29. The van der Waals surface area contributed by atoms with Gasteiger partial charge in [-0.15, -0.1) is 5.10 Å². The van der Waals surface area contributed by atoms with Gasteiger partial charge in [-0.2, -0.15) is 0 Å². The fourth-order valence-corrected chi connectivity index (χ4v) is 3.20. The summed E-state index contributed by atoms with van der Waals surface area (Å²) in [6, 6.07) is 0.388. The Morgan fingerprint density at radius 3 is 2.80 bits per heavy atom. The minimum atomic E-state index is -0.831. The molecule has 1 amide bonds. The van der Waals surface area contributed by atoms with Crippen molar-refractivity contribution >= 4 is 17.7 Å². The summed E-state index contributed by atoms with van der Waals surface area (Å²) < 4.78 is 1.67. The Balaban J connectivity index is 2.10. The Hall–Kier alpha value is -1.28. The smallest absolute Gasteiger partial charge is 0.344 e. The Bertz CT molecular complexity index is 548. The molecule has 1 atom stereocenters. The number of amides is 1. The number of aromatic amines is 1. The van der Waals surface area contributed by atoms with Gasteiger partial charge in [0.2, 0.25) is 5.91 Å². The molecule has 1 heterocycles. The quantitative estimate of drug-likeness (QED) is 0.625. The van der Waals surface area contributed by atoms with Gasteiger partial charge in [0.1, 0.15) is 5.54 Å². The first-order valence-corrected chi connectivity index (χ1v) is 7.69. The van der Waals surface area contributed by atoms with Crippen LogP contribution in [0.25, 0.3) is 0 Å². The Morgan fingerprint density at radius 1 is 1.65 bits per heavy atom. The third-order valence-corrected chi connectivity index (χ3v) is 4.49. The van der Waals surface area contributed by atoms with E-state index in [1.807, 2.05) is 13.8 Å². The number of H-pyrrole nitrogens is 1. The second-order valence-electron chi connectivity index (χ2n) is 5.70. The van der Waals surface area contributed by atoms with E-state index in [-0.39, 0.29) is 17.8 Å². The van der Waals surface area contributed by atoms with E-state index < -0.39 is 11.4 Å². The number of thioether (sulfide) groups is 1. The molecule has 0 bridgehead atoms. The maximum Gasteiger partial charge on any atom is 0.344 e. The van der Waals surface area contributed by atoms with Crippen molar-refractivity contribution in [2.45, 2.75) is 56.4 Å². The van der Waals surface area contributed by atoms with E-state index in [0.717, 1.165) is 12.8 Å². The highest BCUT2D eigenvalue weighted by Gasteiger charge is 2.34. The molecule has 1 aromatic heterocycles. The van der Waals surface area contributed by atoms with E-state index in [9.17, 15) is 9.59 Å². The van der Waals surface area contributed by atoms with Gasteiger partial charge in [-0.1, -0.05) is 11.8 Å². The normalized spacial score (nSPS) is 18.2. The van der Waals surface area contributed by atoms with Crippen molar-refractivity contribution in [2.24, 2.45) is 5.73 Å². The first kappa shape index (κ1) is 15.1. The lowest BCUT2D eigenvalue weighted by molar-refractivity contribution is -0.123. The van der Waals surface area contributed by atoms with E-state index >= 15 is 0 Å². The monoisotopic (exact) mass is 299 g/mol. The third kappa shape index (κ3) is 3.24. The molecule has 7 nitrogen and oxygen atoms in total. The lowest BCUT2D eigenvalue weighted by atomic mass is 10.0. The average Bonchev–Trinajstić information content (AvgIpc) is 3.10. The first-order valence-electron chi connectivity index (χ1n) is 6.71. The number of nitrogens with one attached hydrogen (secondary N) is 2. The third-order valence-electron chi connectivity index (χ3n) is 3.23. The summed E-state index contributed by atoms with van der Waals surface area (Å²) in [5.41, 5.74) is 4.47. The average molecular weight is 299 g/mol. The zero-order valence-corrected chi connectivity index (χ0v) is 12.8. The molecule has 1 unspecified atom stereocenters. The summed E-state index contributed by atoms with van der Waals surface area (Å²) >= 11 is 1.37. The minimum Gasteiger partial charge on any atom is -0.368 e. The van der Waals surface area contributed by atoms with Crippen molar-refractivity contribution in [2.75, 3.05) is 5.75 Å². The molecule has 1 saturated carbocycles. The zero-order chi connectivity index (χ0) is 14.9. The maximum atomic E-state index is 11.7. The standard InChI is InChI=1S/C12H21N5O2S/c1-7(2)14-12(3,9(13)18)6-20-11-16-15-10(19)17(11)8-4-5-8/h7-8,14H,4-6H2,1-3H3,(H2,13,18)(H,15,19). The molecule has 0 aromatic carbocycles. The van der Waals surface area contributed by atoms with E-state index in [1.165, 1.54) is 11.8 Å². The van der Waals surface area contributed by atoms with Crippen molar-refractivity contribution in [3.63, 3.8) is 0 Å². The minimum absolute atomic E-state index is 0.137. The van der Waals surface area contributed by atoms with E-state index in [0.29, 0.717) is 10.9 Å². The molecule has 1 aliphatic rings. The SMILES string of the molecule is CC(C)NC(C)(CSc1n[nH]c(=O)n1C1CC1)C(N)=O. The molecule has 0 spiro atoms. The molecule has 0 saturated heterocycles. The van der Waals surface area contributed by atoms with Crippen molar-refractivity contribution in [3.05, 3.63) is 10.5 Å². The number of hydrogen-bond acceptors (Lipinski definition) is 5. The first-order chi connectivity index (χ1) is 9.33. The van der Waals surface area contributed by atoms with Crippen molar-refractivity contribution in [1.82, 2.24) is 20.1 Å². The fourth-order valence-electron chi connectivity index (χ4n) is 2.08. The predicted molar refractivity (Wildman–Crippen MR) is 77.7 cm³/mol. The van der Waals surface area contributed by atoms with Gasteiger partial charge in [0.05, 0.1) is 0 Å². The molecule has 20 heavy (non-hydrogen) atoms. The van der Waals surface area contributed by atoms with Gasteiger partial charge in [-0.3, -0.25) is 9.36 Å². The van der Waals surface area contributed by atoms with Gasteiger partial charge in [-0.25, -0.2) is 9.89 Å². The summed E-state index contributed by atoms with van der Waals surface area (Å²) in [4.78, 5) is 23.3. The van der Waals surface area contributed by atoms with Crippen LogP contribution in [0.4, 0.5) is 0 Å². The van der Waals surface area contributed by atoms with Crippen LogP contribution in [-0.4, -0.2) is 38.0 Å². The molecule has 1 aliphatic carbocycles. The number of primary amides is 1. The van der Waals surface area contributed by atoms with Crippen LogP contribution in [-0.2, 0) is 4.79 Å². The number of carbonyl (C=O) groups excluding carboxylic acids is 1. The van der Waals surface area contributed by atoms with Crippen molar-refractivity contribution < 1.29 is 4.79 Å². The summed E-state index contributed by atoms with van der Waals surface area (Å²) in [6.07, 6.45) is 2.01. The van der Waals surface area contributed by atoms with Crippen molar-refractivity contribution in [3.8, 4) is 0 Å².